The lowest BCUT2D eigenvalue weighted by atomic mass is 10.1. The zero-order chi connectivity index (χ0) is 12.5. The summed E-state index contributed by atoms with van der Waals surface area (Å²) in [7, 11) is 1.87. The van der Waals surface area contributed by atoms with Crippen LogP contribution in [0, 0.1) is 0 Å². The van der Waals surface area contributed by atoms with E-state index in [2.05, 4.69) is 15.3 Å². The fourth-order valence-corrected chi connectivity index (χ4v) is 2.07. The second-order valence-electron chi connectivity index (χ2n) is 4.10. The molecule has 90 valence electrons. The maximum absolute atomic E-state index is 5.95. The van der Waals surface area contributed by atoms with E-state index >= 15 is 0 Å². The monoisotopic (exact) mass is 239 g/mol. The molecule has 0 amide bonds. The highest BCUT2D eigenvalue weighted by Crippen LogP contribution is 2.32. The third kappa shape index (κ3) is 1.57. The average molecular weight is 239 g/mol. The summed E-state index contributed by atoms with van der Waals surface area (Å²) in [5.74, 6) is 0. The molecule has 0 fully saturated rings. The summed E-state index contributed by atoms with van der Waals surface area (Å²) in [5, 5.41) is 11.3. The van der Waals surface area contributed by atoms with Gasteiger partial charge in [0, 0.05) is 18.2 Å². The van der Waals surface area contributed by atoms with E-state index in [4.69, 9.17) is 5.73 Å². The van der Waals surface area contributed by atoms with Crippen molar-refractivity contribution in [1.82, 2.24) is 20.0 Å². The van der Waals surface area contributed by atoms with Crippen molar-refractivity contribution in [2.75, 3.05) is 5.73 Å². The average Bonchev–Trinajstić information content (AvgIpc) is 2.97. The predicted molar refractivity (Wildman–Crippen MR) is 70.6 cm³/mol. The Morgan fingerprint density at radius 1 is 1.17 bits per heavy atom. The molecule has 0 aliphatic carbocycles. The summed E-state index contributed by atoms with van der Waals surface area (Å²) >= 11 is 0. The van der Waals surface area contributed by atoms with E-state index in [1.54, 1.807) is 17.1 Å². The molecule has 3 N–H and O–H groups in total. The zero-order valence-corrected chi connectivity index (χ0v) is 9.96. The van der Waals surface area contributed by atoms with E-state index in [9.17, 15) is 0 Å². The molecular formula is C13H13N5. The van der Waals surface area contributed by atoms with Gasteiger partial charge < -0.3 is 5.73 Å². The van der Waals surface area contributed by atoms with Gasteiger partial charge >= 0.3 is 0 Å². The number of rotatable bonds is 2. The van der Waals surface area contributed by atoms with Gasteiger partial charge in [0.25, 0.3) is 0 Å². The molecule has 2 heterocycles. The predicted octanol–water partition coefficient (Wildman–Crippen LogP) is 2.06. The minimum Gasteiger partial charge on any atom is -0.396 e. The number of hydrogen-bond acceptors (Lipinski definition) is 3. The second-order valence-corrected chi connectivity index (χ2v) is 4.10. The van der Waals surface area contributed by atoms with Gasteiger partial charge in [0.15, 0.2) is 0 Å². The number of nitrogens with two attached hydrogens (primary N) is 1. The van der Waals surface area contributed by atoms with Gasteiger partial charge in [-0.25, -0.2) is 0 Å². The molecule has 1 aromatic carbocycles. The van der Waals surface area contributed by atoms with Crippen LogP contribution in [-0.2, 0) is 7.05 Å². The highest BCUT2D eigenvalue weighted by molar-refractivity contribution is 5.84. The Balaban J connectivity index is 2.19. The van der Waals surface area contributed by atoms with Crippen LogP contribution in [0.5, 0.6) is 0 Å². The van der Waals surface area contributed by atoms with Crippen molar-refractivity contribution in [2.24, 2.45) is 7.05 Å². The summed E-state index contributed by atoms with van der Waals surface area (Å²) in [6.07, 6.45) is 3.42. The van der Waals surface area contributed by atoms with Crippen molar-refractivity contribution in [1.29, 1.82) is 0 Å². The number of aromatic nitrogens is 4. The van der Waals surface area contributed by atoms with Crippen LogP contribution in [0.1, 0.15) is 0 Å². The summed E-state index contributed by atoms with van der Waals surface area (Å²) in [6, 6.07) is 10.0. The van der Waals surface area contributed by atoms with Crippen molar-refractivity contribution in [3.8, 4) is 22.5 Å². The topological polar surface area (TPSA) is 72.5 Å². The molecule has 2 aromatic heterocycles. The summed E-state index contributed by atoms with van der Waals surface area (Å²) in [4.78, 5) is 0. The Kier molecular flexibility index (Phi) is 2.37. The number of hydrogen-bond donors (Lipinski definition) is 2. The van der Waals surface area contributed by atoms with Gasteiger partial charge in [-0.1, -0.05) is 30.3 Å². The van der Waals surface area contributed by atoms with Crippen molar-refractivity contribution < 1.29 is 0 Å². The number of benzene rings is 1. The number of anilines is 1. The van der Waals surface area contributed by atoms with Gasteiger partial charge in [-0.2, -0.15) is 10.2 Å². The van der Waals surface area contributed by atoms with Gasteiger partial charge in [0.1, 0.15) is 0 Å². The number of aryl methyl sites for hydroxylation is 1. The van der Waals surface area contributed by atoms with E-state index in [0.717, 1.165) is 22.5 Å². The number of nitrogens with zero attached hydrogens (tertiary/aromatic N) is 3. The third-order valence-corrected chi connectivity index (χ3v) is 2.92. The number of nitrogen functional groups attached to an aromatic ring is 1. The fraction of sp³-hybridized carbons (Fsp3) is 0.0769. The van der Waals surface area contributed by atoms with Crippen LogP contribution in [0.3, 0.4) is 0 Å². The SMILES string of the molecule is Cn1ncc(N)c1-c1cn[nH]c1-c1ccccc1. The normalized spacial score (nSPS) is 10.7. The van der Waals surface area contributed by atoms with Crippen LogP contribution < -0.4 is 5.73 Å². The minimum absolute atomic E-state index is 0.649. The molecule has 0 aliphatic heterocycles. The molecule has 0 radical (unpaired) electrons. The minimum atomic E-state index is 0.649. The molecule has 0 atom stereocenters. The highest BCUT2D eigenvalue weighted by Gasteiger charge is 2.15. The van der Waals surface area contributed by atoms with E-state index in [0.29, 0.717) is 5.69 Å². The molecule has 0 aliphatic rings. The Labute approximate surface area is 104 Å². The molecule has 18 heavy (non-hydrogen) atoms. The van der Waals surface area contributed by atoms with Crippen LogP contribution in [0.2, 0.25) is 0 Å². The maximum Gasteiger partial charge on any atom is 0.0946 e. The van der Waals surface area contributed by atoms with Gasteiger partial charge in [-0.05, 0) is 0 Å². The fourth-order valence-electron chi connectivity index (χ4n) is 2.07. The van der Waals surface area contributed by atoms with Gasteiger partial charge in [-0.3, -0.25) is 9.78 Å². The van der Waals surface area contributed by atoms with Crippen LogP contribution >= 0.6 is 0 Å². The largest absolute Gasteiger partial charge is 0.396 e. The van der Waals surface area contributed by atoms with Crippen LogP contribution in [0.25, 0.3) is 22.5 Å². The Hall–Kier alpha value is -2.56. The van der Waals surface area contributed by atoms with Crippen molar-refractivity contribution in [2.45, 2.75) is 0 Å². The molecule has 0 saturated carbocycles. The van der Waals surface area contributed by atoms with Gasteiger partial charge in [0.2, 0.25) is 0 Å². The van der Waals surface area contributed by atoms with E-state index in [-0.39, 0.29) is 0 Å². The molecule has 0 spiro atoms. The Morgan fingerprint density at radius 3 is 2.61 bits per heavy atom. The lowest BCUT2D eigenvalue weighted by molar-refractivity contribution is 0.776. The number of nitrogens with one attached hydrogen (secondary N) is 1. The van der Waals surface area contributed by atoms with Gasteiger partial charge in [0.05, 0.1) is 29.5 Å². The Morgan fingerprint density at radius 2 is 1.94 bits per heavy atom. The van der Waals surface area contributed by atoms with Crippen molar-refractivity contribution >= 4 is 5.69 Å². The van der Waals surface area contributed by atoms with Crippen LogP contribution in [0.15, 0.2) is 42.7 Å². The lowest BCUT2D eigenvalue weighted by Crippen LogP contribution is -1.96. The summed E-state index contributed by atoms with van der Waals surface area (Å²) in [6.45, 7) is 0. The van der Waals surface area contributed by atoms with Crippen LogP contribution in [-0.4, -0.2) is 20.0 Å². The van der Waals surface area contributed by atoms with Gasteiger partial charge in [-0.15, -0.1) is 0 Å². The van der Waals surface area contributed by atoms with Crippen molar-refractivity contribution in [3.63, 3.8) is 0 Å². The first-order valence-electron chi connectivity index (χ1n) is 5.64. The second kappa shape index (κ2) is 4.03. The molecule has 5 nitrogen and oxygen atoms in total. The summed E-state index contributed by atoms with van der Waals surface area (Å²) in [5.41, 5.74) is 10.5. The first kappa shape index (κ1) is 10.6. The van der Waals surface area contributed by atoms with E-state index in [1.807, 2.05) is 37.4 Å². The standard InChI is InChI=1S/C13H13N5/c1-18-13(11(14)8-16-18)10-7-15-17-12(10)9-5-3-2-4-6-9/h2-8H,14H2,1H3,(H,15,17). The molecule has 0 saturated heterocycles. The highest BCUT2D eigenvalue weighted by atomic mass is 15.3. The quantitative estimate of drug-likeness (QED) is 0.719. The first-order valence-corrected chi connectivity index (χ1v) is 5.64. The lowest BCUT2D eigenvalue weighted by Gasteiger charge is -2.05. The summed E-state index contributed by atoms with van der Waals surface area (Å²) < 4.78 is 1.76. The molecule has 3 aromatic rings. The number of H-pyrrole nitrogens is 1. The zero-order valence-electron chi connectivity index (χ0n) is 9.96. The van der Waals surface area contributed by atoms with E-state index in [1.165, 1.54) is 0 Å². The molecular weight excluding hydrogens is 226 g/mol. The van der Waals surface area contributed by atoms with E-state index < -0.39 is 0 Å². The van der Waals surface area contributed by atoms with Crippen molar-refractivity contribution in [3.05, 3.63) is 42.7 Å². The third-order valence-electron chi connectivity index (χ3n) is 2.92. The Bertz CT molecular complexity index is 646. The first-order chi connectivity index (χ1) is 8.77. The van der Waals surface area contributed by atoms with Crippen LogP contribution in [0.4, 0.5) is 5.69 Å². The smallest absolute Gasteiger partial charge is 0.0946 e. The maximum atomic E-state index is 5.95. The molecule has 3 rings (SSSR count). The number of aromatic amines is 1. The molecule has 5 heteroatoms. The molecule has 0 unspecified atom stereocenters. The molecule has 0 bridgehead atoms.